The van der Waals surface area contributed by atoms with Crippen LogP contribution < -0.4 is 5.32 Å². The van der Waals surface area contributed by atoms with Gasteiger partial charge in [-0.3, -0.25) is 19.4 Å². The van der Waals surface area contributed by atoms with E-state index in [1.807, 2.05) is 0 Å². The number of halogens is 3. The minimum atomic E-state index is -5.08. The average Bonchev–Trinajstić information content (AvgIpc) is 2.54. The van der Waals surface area contributed by atoms with Gasteiger partial charge in [0.15, 0.2) is 0 Å². The number of amides is 2. The first-order valence-corrected chi connectivity index (χ1v) is 7.37. The van der Waals surface area contributed by atoms with Gasteiger partial charge >= 0.3 is 12.1 Å². The molecule has 2 aliphatic heterocycles. The molecule has 23 heavy (non-hydrogen) atoms. The molecule has 0 aliphatic carbocycles. The number of nitrogens with one attached hydrogen (secondary N) is 1. The Morgan fingerprint density at radius 2 is 1.83 bits per heavy atom. The third kappa shape index (κ3) is 2.96. The average molecular weight is 327 g/mol. The summed E-state index contributed by atoms with van der Waals surface area (Å²) in [6.45, 7) is 2.20. The summed E-state index contributed by atoms with van der Waals surface area (Å²) in [5.41, 5.74) is 0.837. The largest absolute Gasteiger partial charge is 0.471 e. The molecule has 1 saturated heterocycles. The van der Waals surface area contributed by atoms with E-state index in [2.05, 4.69) is 5.32 Å². The van der Waals surface area contributed by atoms with E-state index in [-0.39, 0.29) is 12.0 Å². The Morgan fingerprint density at radius 3 is 2.48 bits per heavy atom. The molecule has 0 saturated carbocycles. The van der Waals surface area contributed by atoms with Crippen molar-refractivity contribution < 1.29 is 22.8 Å². The normalized spacial score (nSPS) is 22.8. The molecule has 2 amide bonds. The number of nitrogens with zero attached hydrogens (tertiary/aromatic N) is 2. The maximum Gasteiger partial charge on any atom is 0.471 e. The fraction of sp³-hybridized carbons (Fsp3) is 0.467. The fourth-order valence-corrected chi connectivity index (χ4v) is 3.10. The molecule has 2 aliphatic rings. The monoisotopic (exact) mass is 327 g/mol. The van der Waals surface area contributed by atoms with Crippen molar-refractivity contribution in [1.82, 2.24) is 15.1 Å². The van der Waals surface area contributed by atoms with E-state index in [1.54, 1.807) is 23.1 Å². The van der Waals surface area contributed by atoms with Crippen LogP contribution in [0.2, 0.25) is 0 Å². The number of hydrogen-bond donors (Lipinski definition) is 1. The predicted octanol–water partition coefficient (Wildman–Crippen LogP) is 1.01. The quantitative estimate of drug-likeness (QED) is 0.836. The zero-order valence-corrected chi connectivity index (χ0v) is 12.3. The molecule has 1 aromatic carbocycles. The number of hydrogen-bond acceptors (Lipinski definition) is 4. The van der Waals surface area contributed by atoms with Crippen molar-refractivity contribution in [1.29, 1.82) is 0 Å². The molecule has 0 radical (unpaired) electrons. The second-order valence-corrected chi connectivity index (χ2v) is 5.61. The maximum absolute atomic E-state index is 12.9. The molecule has 1 unspecified atom stereocenters. The molecule has 1 fully saturated rings. The number of fused-ring (bicyclic) bond motifs is 1. The lowest BCUT2D eigenvalue weighted by atomic mass is 9.95. The van der Waals surface area contributed by atoms with Crippen LogP contribution >= 0.6 is 0 Å². The van der Waals surface area contributed by atoms with E-state index in [9.17, 15) is 22.8 Å². The van der Waals surface area contributed by atoms with Gasteiger partial charge in [0, 0.05) is 38.2 Å². The molecule has 0 aromatic heterocycles. The molecule has 124 valence electrons. The van der Waals surface area contributed by atoms with Gasteiger partial charge in [0.25, 0.3) is 5.91 Å². The number of piperazine rings is 1. The van der Waals surface area contributed by atoms with Gasteiger partial charge in [0.1, 0.15) is 0 Å². The second kappa shape index (κ2) is 5.93. The van der Waals surface area contributed by atoms with Gasteiger partial charge in [-0.1, -0.05) is 18.2 Å². The fourth-order valence-electron chi connectivity index (χ4n) is 3.10. The minimum absolute atomic E-state index is 0.163. The molecule has 1 N–H and O–H groups in total. The molecule has 8 heteroatoms. The number of imide groups is 1. The van der Waals surface area contributed by atoms with Crippen molar-refractivity contribution in [2.75, 3.05) is 26.2 Å². The Morgan fingerprint density at radius 1 is 1.17 bits per heavy atom. The Kier molecular flexibility index (Phi) is 4.11. The first-order valence-electron chi connectivity index (χ1n) is 7.37. The van der Waals surface area contributed by atoms with E-state index in [1.165, 1.54) is 6.07 Å². The Balaban J connectivity index is 2.00. The van der Waals surface area contributed by atoms with Crippen molar-refractivity contribution in [3.05, 3.63) is 35.4 Å². The molecular formula is C15H16F3N3O2. The molecule has 1 aromatic rings. The number of alkyl halides is 3. The van der Waals surface area contributed by atoms with Crippen LogP contribution in [0.3, 0.4) is 0 Å². The third-order valence-electron chi connectivity index (χ3n) is 4.20. The molecule has 0 bridgehead atoms. The van der Waals surface area contributed by atoms with Crippen LogP contribution in [-0.4, -0.2) is 60.1 Å². The van der Waals surface area contributed by atoms with Gasteiger partial charge in [-0.2, -0.15) is 13.2 Å². The lowest BCUT2D eigenvalue weighted by Gasteiger charge is -2.43. The van der Waals surface area contributed by atoms with Crippen LogP contribution in [0.5, 0.6) is 0 Å². The van der Waals surface area contributed by atoms with Crippen LogP contribution in [0.25, 0.3) is 0 Å². The van der Waals surface area contributed by atoms with Gasteiger partial charge < -0.3 is 5.32 Å². The van der Waals surface area contributed by atoms with Crippen LogP contribution in [0.4, 0.5) is 13.2 Å². The van der Waals surface area contributed by atoms with E-state index in [0.717, 1.165) is 0 Å². The molecule has 3 rings (SSSR count). The van der Waals surface area contributed by atoms with Gasteiger partial charge in [-0.05, 0) is 11.6 Å². The Labute approximate surface area is 131 Å². The van der Waals surface area contributed by atoms with E-state index in [4.69, 9.17) is 0 Å². The van der Waals surface area contributed by atoms with Crippen molar-refractivity contribution in [3.63, 3.8) is 0 Å². The summed E-state index contributed by atoms with van der Waals surface area (Å²) in [5.74, 6) is -2.97. The number of rotatable bonds is 1. The molecule has 2 heterocycles. The van der Waals surface area contributed by atoms with E-state index in [0.29, 0.717) is 36.6 Å². The first kappa shape index (κ1) is 15.9. The molecule has 1 atom stereocenters. The lowest BCUT2D eigenvalue weighted by Crippen LogP contribution is -2.62. The highest BCUT2D eigenvalue weighted by Gasteiger charge is 2.50. The van der Waals surface area contributed by atoms with Crippen molar-refractivity contribution in [2.45, 2.75) is 18.8 Å². The highest BCUT2D eigenvalue weighted by atomic mass is 19.4. The zero-order valence-electron chi connectivity index (χ0n) is 12.3. The van der Waals surface area contributed by atoms with Crippen LogP contribution in [0.15, 0.2) is 24.3 Å². The summed E-state index contributed by atoms with van der Waals surface area (Å²) in [4.78, 5) is 26.5. The van der Waals surface area contributed by atoms with Crippen molar-refractivity contribution in [2.24, 2.45) is 0 Å². The second-order valence-electron chi connectivity index (χ2n) is 5.61. The minimum Gasteiger partial charge on any atom is -0.314 e. The smallest absolute Gasteiger partial charge is 0.314 e. The van der Waals surface area contributed by atoms with Gasteiger partial charge in [0.2, 0.25) is 0 Å². The molecular weight excluding hydrogens is 311 g/mol. The summed E-state index contributed by atoms with van der Waals surface area (Å²) in [5, 5.41) is 3.11. The van der Waals surface area contributed by atoms with Gasteiger partial charge in [0.05, 0.1) is 6.17 Å². The molecule has 5 nitrogen and oxygen atoms in total. The van der Waals surface area contributed by atoms with Crippen molar-refractivity contribution in [3.8, 4) is 0 Å². The summed E-state index contributed by atoms with van der Waals surface area (Å²) in [6.07, 6.45) is -5.76. The zero-order chi connectivity index (χ0) is 16.6. The first-order chi connectivity index (χ1) is 10.9. The predicted molar refractivity (Wildman–Crippen MR) is 75.6 cm³/mol. The van der Waals surface area contributed by atoms with Crippen LogP contribution in [0, 0.1) is 0 Å². The highest BCUT2D eigenvalue weighted by molar-refractivity contribution is 6.08. The van der Waals surface area contributed by atoms with Crippen molar-refractivity contribution >= 4 is 11.8 Å². The highest BCUT2D eigenvalue weighted by Crippen LogP contribution is 2.30. The van der Waals surface area contributed by atoms with Gasteiger partial charge in [-0.25, -0.2) is 0 Å². The number of carbonyl (C=O) groups excluding carboxylic acids is 2. The summed E-state index contributed by atoms with van der Waals surface area (Å²) >= 11 is 0. The third-order valence-corrected chi connectivity index (χ3v) is 4.20. The van der Waals surface area contributed by atoms with Crippen LogP contribution in [-0.2, 0) is 11.2 Å². The SMILES string of the molecule is O=C1c2ccccc2CC(N2CCNCC2)N1C(=O)C(F)(F)F. The standard InChI is InChI=1S/C15H16F3N3O2/c16-15(17,18)14(23)21-12(20-7-5-19-6-8-20)9-10-3-1-2-4-11(10)13(21)22/h1-4,12,19H,5-9H2. The van der Waals surface area contributed by atoms with Crippen LogP contribution in [0.1, 0.15) is 15.9 Å². The molecule has 0 spiro atoms. The lowest BCUT2D eigenvalue weighted by molar-refractivity contribution is -0.187. The topological polar surface area (TPSA) is 52.7 Å². The summed E-state index contributed by atoms with van der Waals surface area (Å²) in [7, 11) is 0. The Bertz CT molecular complexity index is 627. The number of carbonyl (C=O) groups is 2. The summed E-state index contributed by atoms with van der Waals surface area (Å²) in [6, 6.07) is 6.50. The van der Waals surface area contributed by atoms with E-state index < -0.39 is 24.2 Å². The number of benzene rings is 1. The van der Waals surface area contributed by atoms with Gasteiger partial charge in [-0.15, -0.1) is 0 Å². The maximum atomic E-state index is 12.9. The summed E-state index contributed by atoms with van der Waals surface area (Å²) < 4.78 is 38.8. The van der Waals surface area contributed by atoms with E-state index >= 15 is 0 Å². The Hall–Kier alpha value is -1.93.